The first-order valence-electron chi connectivity index (χ1n) is 5.64. The first-order valence-corrected chi connectivity index (χ1v) is 5.64. The van der Waals surface area contributed by atoms with Crippen LogP contribution in [0.15, 0.2) is 30.3 Å². The second kappa shape index (κ2) is 4.56. The zero-order valence-corrected chi connectivity index (χ0v) is 9.19. The summed E-state index contributed by atoms with van der Waals surface area (Å²) in [5.41, 5.74) is -0.417. The van der Waals surface area contributed by atoms with Crippen molar-refractivity contribution in [3.63, 3.8) is 0 Å². The van der Waals surface area contributed by atoms with Gasteiger partial charge in [-0.2, -0.15) is 0 Å². The molecule has 1 aliphatic carbocycles. The van der Waals surface area contributed by atoms with Crippen LogP contribution in [-0.4, -0.2) is 17.7 Å². The fourth-order valence-electron chi connectivity index (χ4n) is 1.84. The molecule has 1 aliphatic rings. The van der Waals surface area contributed by atoms with Crippen molar-refractivity contribution in [2.45, 2.75) is 25.7 Å². The molecule has 16 heavy (non-hydrogen) atoms. The van der Waals surface area contributed by atoms with Gasteiger partial charge in [-0.15, -0.1) is 0 Å². The molecule has 1 aromatic rings. The summed E-state index contributed by atoms with van der Waals surface area (Å²) in [5, 5.41) is 8.98. The lowest BCUT2D eigenvalue weighted by Crippen LogP contribution is -2.15. The van der Waals surface area contributed by atoms with Gasteiger partial charge in [0.1, 0.15) is 5.75 Å². The molecule has 1 saturated carbocycles. The van der Waals surface area contributed by atoms with E-state index in [1.165, 1.54) is 0 Å². The largest absolute Gasteiger partial charge is 0.494 e. The highest BCUT2D eigenvalue weighted by atomic mass is 16.5. The van der Waals surface area contributed by atoms with Crippen molar-refractivity contribution in [3.8, 4) is 5.75 Å². The number of carboxylic acids is 1. The molecule has 1 fully saturated rings. The summed E-state index contributed by atoms with van der Waals surface area (Å²) >= 11 is 0. The molecule has 1 N–H and O–H groups in total. The van der Waals surface area contributed by atoms with Gasteiger partial charge in [0.05, 0.1) is 12.0 Å². The number of benzene rings is 1. The average Bonchev–Trinajstić information content (AvgIpc) is 3.07. The molecule has 0 aromatic heterocycles. The van der Waals surface area contributed by atoms with Gasteiger partial charge < -0.3 is 9.84 Å². The first kappa shape index (κ1) is 11.0. The minimum Gasteiger partial charge on any atom is -0.494 e. The van der Waals surface area contributed by atoms with Gasteiger partial charge in [0.25, 0.3) is 0 Å². The van der Waals surface area contributed by atoms with E-state index in [-0.39, 0.29) is 0 Å². The van der Waals surface area contributed by atoms with Crippen LogP contribution in [0, 0.1) is 5.41 Å². The van der Waals surface area contributed by atoms with Gasteiger partial charge in [-0.25, -0.2) is 0 Å². The standard InChI is InChI=1S/C13H16O3/c14-12(15)13(8-9-13)7-4-10-16-11-5-2-1-3-6-11/h1-3,5-6H,4,7-10H2,(H,14,15). The summed E-state index contributed by atoms with van der Waals surface area (Å²) in [4.78, 5) is 10.9. The van der Waals surface area contributed by atoms with E-state index in [0.717, 1.165) is 31.4 Å². The molecule has 3 nitrogen and oxygen atoms in total. The lowest BCUT2D eigenvalue weighted by atomic mass is 10.0. The number of carboxylic acid groups (broad SMARTS) is 1. The summed E-state index contributed by atoms with van der Waals surface area (Å²) in [5.74, 6) is 0.204. The Balaban J connectivity index is 1.68. The summed E-state index contributed by atoms with van der Waals surface area (Å²) in [6.45, 7) is 0.596. The molecule has 0 bridgehead atoms. The first-order chi connectivity index (χ1) is 7.73. The van der Waals surface area contributed by atoms with Gasteiger partial charge >= 0.3 is 5.97 Å². The van der Waals surface area contributed by atoms with Crippen LogP contribution in [-0.2, 0) is 4.79 Å². The molecule has 0 amide bonds. The Morgan fingerprint density at radius 2 is 2.00 bits per heavy atom. The van der Waals surface area contributed by atoms with E-state index in [0.29, 0.717) is 6.61 Å². The highest BCUT2D eigenvalue weighted by Crippen LogP contribution is 2.49. The molecular weight excluding hydrogens is 204 g/mol. The molecule has 0 heterocycles. The zero-order chi connectivity index (χ0) is 11.4. The number of para-hydroxylation sites is 1. The predicted molar refractivity (Wildman–Crippen MR) is 60.5 cm³/mol. The topological polar surface area (TPSA) is 46.5 Å². The average molecular weight is 220 g/mol. The third kappa shape index (κ3) is 2.54. The minimum absolute atomic E-state index is 0.417. The van der Waals surface area contributed by atoms with Crippen molar-refractivity contribution in [2.75, 3.05) is 6.61 Å². The maximum atomic E-state index is 10.9. The molecule has 0 radical (unpaired) electrons. The van der Waals surface area contributed by atoms with E-state index in [2.05, 4.69) is 0 Å². The van der Waals surface area contributed by atoms with E-state index in [4.69, 9.17) is 9.84 Å². The molecule has 86 valence electrons. The van der Waals surface area contributed by atoms with E-state index in [1.807, 2.05) is 30.3 Å². The smallest absolute Gasteiger partial charge is 0.309 e. The number of aliphatic carboxylic acids is 1. The SMILES string of the molecule is O=C(O)C1(CCCOc2ccccc2)CC1. The third-order valence-corrected chi connectivity index (χ3v) is 3.12. The summed E-state index contributed by atoms with van der Waals surface area (Å²) in [6, 6.07) is 9.61. The van der Waals surface area contributed by atoms with Gasteiger partial charge in [0.15, 0.2) is 0 Å². The van der Waals surface area contributed by atoms with Gasteiger partial charge in [-0.05, 0) is 37.8 Å². The van der Waals surface area contributed by atoms with Crippen LogP contribution in [0.1, 0.15) is 25.7 Å². The molecule has 2 rings (SSSR count). The Morgan fingerprint density at radius 3 is 2.56 bits per heavy atom. The second-order valence-corrected chi connectivity index (χ2v) is 4.35. The molecule has 1 aromatic carbocycles. The maximum Gasteiger partial charge on any atom is 0.309 e. The van der Waals surface area contributed by atoms with Gasteiger partial charge in [0.2, 0.25) is 0 Å². The monoisotopic (exact) mass is 220 g/mol. The Labute approximate surface area is 95.0 Å². The fraction of sp³-hybridized carbons (Fsp3) is 0.462. The van der Waals surface area contributed by atoms with Crippen LogP contribution in [0.2, 0.25) is 0 Å². The van der Waals surface area contributed by atoms with Gasteiger partial charge in [-0.1, -0.05) is 18.2 Å². The van der Waals surface area contributed by atoms with E-state index in [9.17, 15) is 4.79 Å². The molecule has 3 heteroatoms. The molecular formula is C13H16O3. The summed E-state index contributed by atoms with van der Waals surface area (Å²) < 4.78 is 5.52. The Bertz CT molecular complexity index is 355. The predicted octanol–water partition coefficient (Wildman–Crippen LogP) is 2.71. The van der Waals surface area contributed by atoms with Crippen LogP contribution in [0.5, 0.6) is 5.75 Å². The van der Waals surface area contributed by atoms with Crippen LogP contribution in [0.25, 0.3) is 0 Å². The maximum absolute atomic E-state index is 10.9. The zero-order valence-electron chi connectivity index (χ0n) is 9.19. The van der Waals surface area contributed by atoms with Crippen molar-refractivity contribution in [1.82, 2.24) is 0 Å². The lowest BCUT2D eigenvalue weighted by molar-refractivity contribution is -0.143. The normalized spacial score (nSPS) is 16.8. The van der Waals surface area contributed by atoms with Crippen LogP contribution in [0.3, 0.4) is 0 Å². The number of hydrogen-bond acceptors (Lipinski definition) is 2. The van der Waals surface area contributed by atoms with Crippen LogP contribution in [0.4, 0.5) is 0 Å². The molecule has 0 spiro atoms. The highest BCUT2D eigenvalue weighted by molar-refractivity contribution is 5.77. The van der Waals surface area contributed by atoms with E-state index < -0.39 is 11.4 Å². The van der Waals surface area contributed by atoms with Crippen molar-refractivity contribution >= 4 is 5.97 Å². The minimum atomic E-state index is -0.646. The van der Waals surface area contributed by atoms with Gasteiger partial charge in [-0.3, -0.25) is 4.79 Å². The second-order valence-electron chi connectivity index (χ2n) is 4.35. The van der Waals surface area contributed by atoms with Crippen molar-refractivity contribution in [2.24, 2.45) is 5.41 Å². The highest BCUT2D eigenvalue weighted by Gasteiger charge is 2.49. The molecule has 0 saturated heterocycles. The third-order valence-electron chi connectivity index (χ3n) is 3.12. The Kier molecular flexibility index (Phi) is 3.13. The van der Waals surface area contributed by atoms with E-state index in [1.54, 1.807) is 0 Å². The summed E-state index contributed by atoms with van der Waals surface area (Å²) in [7, 11) is 0. The Morgan fingerprint density at radius 1 is 1.31 bits per heavy atom. The number of rotatable bonds is 6. The number of hydrogen-bond donors (Lipinski definition) is 1. The Hall–Kier alpha value is -1.51. The van der Waals surface area contributed by atoms with Gasteiger partial charge in [0, 0.05) is 0 Å². The van der Waals surface area contributed by atoms with Crippen molar-refractivity contribution in [1.29, 1.82) is 0 Å². The number of ether oxygens (including phenoxy) is 1. The van der Waals surface area contributed by atoms with Crippen LogP contribution < -0.4 is 4.74 Å². The lowest BCUT2D eigenvalue weighted by Gasteiger charge is -2.10. The number of carbonyl (C=O) groups is 1. The fourth-order valence-corrected chi connectivity index (χ4v) is 1.84. The van der Waals surface area contributed by atoms with Crippen LogP contribution >= 0.6 is 0 Å². The van der Waals surface area contributed by atoms with Crippen molar-refractivity contribution < 1.29 is 14.6 Å². The summed E-state index contributed by atoms with van der Waals surface area (Å²) in [6.07, 6.45) is 3.19. The molecule has 0 aliphatic heterocycles. The quantitative estimate of drug-likeness (QED) is 0.750. The molecule has 0 atom stereocenters. The van der Waals surface area contributed by atoms with Crippen molar-refractivity contribution in [3.05, 3.63) is 30.3 Å². The molecule has 0 unspecified atom stereocenters. The van der Waals surface area contributed by atoms with E-state index >= 15 is 0 Å².